The lowest BCUT2D eigenvalue weighted by Gasteiger charge is -2.29. The standard InChI is InChI=1S/C24H30N2O7/c1-6-32-24(29)19-9-15(2)26(16(19)3)13-23(28)33-14-22(27)25-8-7-17-10-20(30-4)21(31-5)11-18(17)12-25/h9-11H,6-8,12-14H2,1-5H3. The minimum Gasteiger partial charge on any atom is -0.493 e. The summed E-state index contributed by atoms with van der Waals surface area (Å²) in [5.74, 6) is 0.0182. The van der Waals surface area contributed by atoms with Gasteiger partial charge in [0.25, 0.3) is 5.91 Å². The zero-order valence-corrected chi connectivity index (χ0v) is 19.7. The first-order chi connectivity index (χ1) is 15.8. The van der Waals surface area contributed by atoms with E-state index in [9.17, 15) is 14.4 Å². The highest BCUT2D eigenvalue weighted by Gasteiger charge is 2.24. The van der Waals surface area contributed by atoms with Gasteiger partial charge in [-0.1, -0.05) is 0 Å². The fourth-order valence-corrected chi connectivity index (χ4v) is 3.96. The molecule has 2 aromatic rings. The highest BCUT2D eigenvalue weighted by atomic mass is 16.5. The molecule has 178 valence electrons. The van der Waals surface area contributed by atoms with Crippen LogP contribution in [0.25, 0.3) is 0 Å². The number of amides is 1. The van der Waals surface area contributed by atoms with Crippen LogP contribution in [0.4, 0.5) is 0 Å². The summed E-state index contributed by atoms with van der Waals surface area (Å²) in [6.07, 6.45) is 0.674. The largest absolute Gasteiger partial charge is 0.493 e. The van der Waals surface area contributed by atoms with Crippen molar-refractivity contribution in [2.24, 2.45) is 0 Å². The molecule has 2 heterocycles. The lowest BCUT2D eigenvalue weighted by molar-refractivity contribution is -0.153. The maximum Gasteiger partial charge on any atom is 0.339 e. The Hall–Kier alpha value is -3.49. The number of rotatable bonds is 8. The van der Waals surface area contributed by atoms with E-state index in [1.54, 1.807) is 50.5 Å². The first-order valence-corrected chi connectivity index (χ1v) is 10.8. The monoisotopic (exact) mass is 458 g/mol. The molecule has 9 heteroatoms. The van der Waals surface area contributed by atoms with Crippen molar-refractivity contribution in [1.29, 1.82) is 0 Å². The minimum atomic E-state index is -0.552. The van der Waals surface area contributed by atoms with Gasteiger partial charge in [-0.05, 0) is 56.5 Å². The Bertz CT molecular complexity index is 1060. The topological polar surface area (TPSA) is 96.3 Å². The third-order valence-electron chi connectivity index (χ3n) is 5.78. The molecule has 3 rings (SSSR count). The number of esters is 2. The lowest BCUT2D eigenvalue weighted by atomic mass is 9.99. The highest BCUT2D eigenvalue weighted by Crippen LogP contribution is 2.33. The van der Waals surface area contributed by atoms with Gasteiger partial charge in [0.1, 0.15) is 6.54 Å². The van der Waals surface area contributed by atoms with E-state index in [0.717, 1.165) is 16.8 Å². The van der Waals surface area contributed by atoms with E-state index in [0.29, 0.717) is 42.3 Å². The Morgan fingerprint density at radius 3 is 2.27 bits per heavy atom. The van der Waals surface area contributed by atoms with Gasteiger partial charge in [-0.2, -0.15) is 0 Å². The molecule has 1 amide bonds. The molecule has 0 fully saturated rings. The Kier molecular flexibility index (Phi) is 7.63. The average molecular weight is 459 g/mol. The number of nitrogens with zero attached hydrogens (tertiary/aromatic N) is 2. The summed E-state index contributed by atoms with van der Waals surface area (Å²) in [7, 11) is 3.16. The quantitative estimate of drug-likeness (QED) is 0.561. The van der Waals surface area contributed by atoms with Gasteiger partial charge in [0.2, 0.25) is 0 Å². The molecule has 1 aromatic heterocycles. The number of ether oxygens (including phenoxy) is 4. The van der Waals surface area contributed by atoms with Gasteiger partial charge in [0.05, 0.1) is 26.4 Å². The molecule has 0 unspecified atom stereocenters. The molecule has 1 aliphatic heterocycles. The number of benzene rings is 1. The van der Waals surface area contributed by atoms with Crippen molar-refractivity contribution >= 4 is 17.8 Å². The normalized spacial score (nSPS) is 12.7. The highest BCUT2D eigenvalue weighted by molar-refractivity contribution is 5.91. The van der Waals surface area contributed by atoms with Crippen LogP contribution in [0.3, 0.4) is 0 Å². The smallest absolute Gasteiger partial charge is 0.339 e. The molecule has 0 spiro atoms. The molecule has 0 N–H and O–H groups in total. The van der Waals surface area contributed by atoms with E-state index >= 15 is 0 Å². The summed E-state index contributed by atoms with van der Waals surface area (Å²) >= 11 is 0. The minimum absolute atomic E-state index is 0.0931. The van der Waals surface area contributed by atoms with Gasteiger partial charge in [-0.15, -0.1) is 0 Å². The van der Waals surface area contributed by atoms with Crippen LogP contribution in [-0.4, -0.2) is 61.3 Å². The first-order valence-electron chi connectivity index (χ1n) is 10.8. The van der Waals surface area contributed by atoms with Crippen LogP contribution in [-0.2, 0) is 38.6 Å². The average Bonchev–Trinajstić information content (AvgIpc) is 3.09. The molecular weight excluding hydrogens is 428 g/mol. The van der Waals surface area contributed by atoms with E-state index in [2.05, 4.69) is 0 Å². The first kappa shape index (κ1) is 24.2. The number of aryl methyl sites for hydroxylation is 1. The van der Waals surface area contributed by atoms with Crippen molar-refractivity contribution < 1.29 is 33.3 Å². The molecule has 1 aromatic carbocycles. The summed E-state index contributed by atoms with van der Waals surface area (Å²) in [6.45, 7) is 6.04. The van der Waals surface area contributed by atoms with Crippen molar-refractivity contribution in [3.63, 3.8) is 0 Å². The predicted octanol–water partition coefficient (Wildman–Crippen LogP) is 2.43. The number of hydrogen-bond donors (Lipinski definition) is 0. The maximum atomic E-state index is 12.7. The molecule has 0 bridgehead atoms. The third kappa shape index (κ3) is 5.30. The summed E-state index contributed by atoms with van der Waals surface area (Å²) < 4.78 is 22.7. The molecule has 0 aliphatic carbocycles. The number of carbonyl (C=O) groups excluding carboxylic acids is 3. The van der Waals surface area contributed by atoms with Crippen LogP contribution in [0.15, 0.2) is 18.2 Å². The predicted molar refractivity (Wildman–Crippen MR) is 119 cm³/mol. The van der Waals surface area contributed by atoms with Crippen LogP contribution < -0.4 is 9.47 Å². The number of methoxy groups -OCH3 is 2. The number of fused-ring (bicyclic) bond motifs is 1. The molecule has 0 saturated heterocycles. The van der Waals surface area contributed by atoms with Crippen molar-refractivity contribution in [2.45, 2.75) is 40.3 Å². The van der Waals surface area contributed by atoms with Gasteiger partial charge < -0.3 is 28.4 Å². The van der Waals surface area contributed by atoms with Crippen molar-refractivity contribution in [2.75, 3.05) is 34.0 Å². The molecule has 0 radical (unpaired) electrons. The van der Waals surface area contributed by atoms with Gasteiger partial charge in [-0.3, -0.25) is 9.59 Å². The fraction of sp³-hybridized carbons (Fsp3) is 0.458. The molecule has 1 aliphatic rings. The van der Waals surface area contributed by atoms with Gasteiger partial charge >= 0.3 is 11.9 Å². The van der Waals surface area contributed by atoms with Crippen LogP contribution in [0.1, 0.15) is 39.8 Å². The van der Waals surface area contributed by atoms with E-state index in [4.69, 9.17) is 18.9 Å². The van der Waals surface area contributed by atoms with E-state index < -0.39 is 11.9 Å². The number of hydrogen-bond acceptors (Lipinski definition) is 7. The molecule has 0 atom stereocenters. The summed E-state index contributed by atoms with van der Waals surface area (Å²) in [5.41, 5.74) is 3.84. The summed E-state index contributed by atoms with van der Waals surface area (Å²) in [5, 5.41) is 0. The van der Waals surface area contributed by atoms with Crippen molar-refractivity contribution in [3.05, 3.63) is 46.3 Å². The molecule has 0 saturated carbocycles. The van der Waals surface area contributed by atoms with Crippen molar-refractivity contribution in [3.8, 4) is 11.5 Å². The Morgan fingerprint density at radius 1 is 0.970 bits per heavy atom. The Balaban J connectivity index is 1.59. The molecular formula is C24H30N2O7. The number of carbonyl (C=O) groups is 3. The Morgan fingerprint density at radius 2 is 1.64 bits per heavy atom. The van der Waals surface area contributed by atoms with Gasteiger partial charge in [0, 0.05) is 24.5 Å². The van der Waals surface area contributed by atoms with Gasteiger partial charge in [0.15, 0.2) is 18.1 Å². The lowest BCUT2D eigenvalue weighted by Crippen LogP contribution is -2.38. The number of aromatic nitrogens is 1. The second kappa shape index (κ2) is 10.4. The second-order valence-corrected chi connectivity index (χ2v) is 7.79. The van der Waals surface area contributed by atoms with Gasteiger partial charge in [-0.25, -0.2) is 4.79 Å². The summed E-state index contributed by atoms with van der Waals surface area (Å²) in [4.78, 5) is 38.8. The SMILES string of the molecule is CCOC(=O)c1cc(C)n(CC(=O)OCC(=O)N2CCc3cc(OC)c(OC)cc3C2)c1C. The van der Waals surface area contributed by atoms with Crippen LogP contribution in [0.5, 0.6) is 11.5 Å². The zero-order chi connectivity index (χ0) is 24.1. The summed E-state index contributed by atoms with van der Waals surface area (Å²) in [6, 6.07) is 5.49. The Labute approximate surface area is 193 Å². The van der Waals surface area contributed by atoms with E-state index in [1.165, 1.54) is 0 Å². The van der Waals surface area contributed by atoms with Crippen LogP contribution >= 0.6 is 0 Å². The zero-order valence-electron chi connectivity index (χ0n) is 19.7. The molecule has 33 heavy (non-hydrogen) atoms. The van der Waals surface area contributed by atoms with E-state index in [1.807, 2.05) is 12.1 Å². The van der Waals surface area contributed by atoms with Crippen LogP contribution in [0, 0.1) is 13.8 Å². The van der Waals surface area contributed by atoms with E-state index in [-0.39, 0.29) is 25.7 Å². The third-order valence-corrected chi connectivity index (χ3v) is 5.78. The van der Waals surface area contributed by atoms with Crippen LogP contribution in [0.2, 0.25) is 0 Å². The molecule has 9 nitrogen and oxygen atoms in total. The second-order valence-electron chi connectivity index (χ2n) is 7.79. The van der Waals surface area contributed by atoms with Crippen molar-refractivity contribution in [1.82, 2.24) is 9.47 Å². The maximum absolute atomic E-state index is 12.7. The fourth-order valence-electron chi connectivity index (χ4n) is 3.96.